The van der Waals surface area contributed by atoms with Crippen LogP contribution in [0.5, 0.6) is 0 Å². The Kier molecular flexibility index (Phi) is 14.3. The molecule has 1 N–H and O–H groups in total. The highest BCUT2D eigenvalue weighted by Crippen LogP contribution is 2.38. The van der Waals surface area contributed by atoms with Gasteiger partial charge in [0.2, 0.25) is 5.91 Å². The fraction of sp³-hybridized carbons (Fsp3) is 0.947. The van der Waals surface area contributed by atoms with E-state index in [4.69, 9.17) is 9.05 Å². The minimum absolute atomic E-state index is 0.0731. The summed E-state index contributed by atoms with van der Waals surface area (Å²) in [5, 5.41) is 3.01. The van der Waals surface area contributed by atoms with Crippen molar-refractivity contribution in [3.05, 3.63) is 0 Å². The molecule has 0 heterocycles. The minimum atomic E-state index is -4.22. The van der Waals surface area contributed by atoms with Crippen LogP contribution in [0.3, 0.4) is 0 Å². The number of carbonyl (C=O) groups excluding carboxylic acids is 1. The van der Waals surface area contributed by atoms with Gasteiger partial charge in [0.1, 0.15) is 13.2 Å². The Morgan fingerprint density at radius 1 is 1.07 bits per heavy atom. The van der Waals surface area contributed by atoms with Crippen molar-refractivity contribution in [2.24, 2.45) is 5.92 Å². The third-order valence-electron chi connectivity index (χ3n) is 4.44. The lowest BCUT2D eigenvalue weighted by molar-refractivity contribution is -0.870. The van der Waals surface area contributed by atoms with Crippen molar-refractivity contribution in [2.75, 3.05) is 47.4 Å². The molecule has 0 aromatic rings. The Morgan fingerprint density at radius 3 is 2.33 bits per heavy atom. The number of quaternary nitrogens is 1. The van der Waals surface area contributed by atoms with Crippen LogP contribution in [0, 0.1) is 5.92 Å². The molecule has 0 aromatic heterocycles. The number of carbonyl (C=O) groups is 1. The van der Waals surface area contributed by atoms with E-state index in [0.717, 1.165) is 32.2 Å². The van der Waals surface area contributed by atoms with Crippen LogP contribution >= 0.6 is 7.82 Å². The summed E-state index contributed by atoms with van der Waals surface area (Å²) in [6.07, 6.45) is 7.18. The van der Waals surface area contributed by atoms with E-state index in [9.17, 15) is 14.3 Å². The highest BCUT2D eigenvalue weighted by atomic mass is 31.2. The Labute approximate surface area is 166 Å². The Bertz CT molecular complexity index is 440. The topological polar surface area (TPSA) is 87.7 Å². The standard InChI is InChI=1S/C19H41N2O5P/c1-6-8-12-18(7-2)17-20-19(22)13-10-9-11-15-25-27(23,24)26-16-14-21(3,4)5/h18H,6-17H2,1-5H3,(H-,20,22,23,24). The second-order valence-electron chi connectivity index (χ2n) is 8.16. The van der Waals surface area contributed by atoms with Crippen molar-refractivity contribution in [1.29, 1.82) is 0 Å². The molecule has 162 valence electrons. The van der Waals surface area contributed by atoms with Gasteiger partial charge in [-0.1, -0.05) is 39.5 Å². The number of unbranched alkanes of at least 4 members (excludes halogenated alkanes) is 3. The van der Waals surface area contributed by atoms with E-state index < -0.39 is 7.82 Å². The molecular formula is C19H41N2O5P. The van der Waals surface area contributed by atoms with Crippen LogP contribution in [0.25, 0.3) is 0 Å². The third-order valence-corrected chi connectivity index (χ3v) is 5.44. The predicted octanol–water partition coefficient (Wildman–Crippen LogP) is 3.09. The van der Waals surface area contributed by atoms with E-state index in [1.807, 2.05) is 21.1 Å². The number of nitrogens with zero attached hydrogens (tertiary/aromatic N) is 1. The molecule has 0 aliphatic carbocycles. The number of rotatable bonds is 17. The van der Waals surface area contributed by atoms with Crippen LogP contribution < -0.4 is 10.2 Å². The highest BCUT2D eigenvalue weighted by Gasteiger charge is 2.13. The first-order valence-electron chi connectivity index (χ1n) is 10.3. The van der Waals surface area contributed by atoms with Crippen molar-refractivity contribution in [3.8, 4) is 0 Å². The van der Waals surface area contributed by atoms with Gasteiger partial charge < -0.3 is 23.7 Å². The predicted molar refractivity (Wildman–Crippen MR) is 107 cm³/mol. The molecule has 0 saturated heterocycles. The van der Waals surface area contributed by atoms with E-state index in [-0.39, 0.29) is 19.1 Å². The zero-order chi connectivity index (χ0) is 20.8. The van der Waals surface area contributed by atoms with Crippen molar-refractivity contribution < 1.29 is 27.8 Å². The Hall–Kier alpha value is -0.460. The molecule has 27 heavy (non-hydrogen) atoms. The summed E-state index contributed by atoms with van der Waals surface area (Å²) in [6.45, 7) is 5.89. The van der Waals surface area contributed by atoms with Crippen LogP contribution in [0.15, 0.2) is 0 Å². The summed E-state index contributed by atoms with van der Waals surface area (Å²) >= 11 is 0. The van der Waals surface area contributed by atoms with Gasteiger partial charge in [-0.25, -0.2) is 0 Å². The highest BCUT2D eigenvalue weighted by molar-refractivity contribution is 7.45. The van der Waals surface area contributed by atoms with Gasteiger partial charge in [0.05, 0.1) is 27.7 Å². The number of phosphoric acid groups is 1. The second kappa shape index (κ2) is 14.5. The molecule has 0 aromatic carbocycles. The normalized spacial score (nSPS) is 15.3. The van der Waals surface area contributed by atoms with Gasteiger partial charge in [0.15, 0.2) is 0 Å². The molecule has 2 unspecified atom stereocenters. The van der Waals surface area contributed by atoms with E-state index >= 15 is 0 Å². The van der Waals surface area contributed by atoms with Crippen LogP contribution in [0.1, 0.15) is 65.2 Å². The first-order chi connectivity index (χ1) is 12.6. The van der Waals surface area contributed by atoms with Crippen LogP contribution in [-0.4, -0.2) is 57.8 Å². The molecule has 0 aliphatic rings. The first-order valence-corrected chi connectivity index (χ1v) is 11.7. The Balaban J connectivity index is 3.72. The number of likely N-dealkylation sites (N-methyl/N-ethyl adjacent to an activating group) is 1. The number of nitrogens with one attached hydrogen (secondary N) is 1. The van der Waals surface area contributed by atoms with E-state index in [1.165, 1.54) is 12.8 Å². The first kappa shape index (κ1) is 26.5. The molecule has 0 radical (unpaired) electrons. The molecule has 0 saturated carbocycles. The summed E-state index contributed by atoms with van der Waals surface area (Å²) in [5.74, 6) is 0.634. The number of phosphoric ester groups is 1. The minimum Gasteiger partial charge on any atom is -0.756 e. The smallest absolute Gasteiger partial charge is 0.268 e. The van der Waals surface area contributed by atoms with Gasteiger partial charge in [-0.3, -0.25) is 9.36 Å². The van der Waals surface area contributed by atoms with Crippen LogP contribution in [0.4, 0.5) is 0 Å². The van der Waals surface area contributed by atoms with Gasteiger partial charge in [-0.05, 0) is 25.2 Å². The second-order valence-corrected chi connectivity index (χ2v) is 9.57. The molecule has 8 heteroatoms. The maximum atomic E-state index is 11.9. The summed E-state index contributed by atoms with van der Waals surface area (Å²) in [5.41, 5.74) is 0. The molecule has 7 nitrogen and oxygen atoms in total. The maximum absolute atomic E-state index is 11.9. The van der Waals surface area contributed by atoms with Gasteiger partial charge in [-0.2, -0.15) is 0 Å². The zero-order valence-corrected chi connectivity index (χ0v) is 18.9. The quantitative estimate of drug-likeness (QED) is 0.227. The Morgan fingerprint density at radius 2 is 1.74 bits per heavy atom. The SMILES string of the molecule is CCCCC(CC)CNC(=O)CCCCCOP(=O)([O-])OCC[N+](C)(C)C. The zero-order valence-electron chi connectivity index (χ0n) is 18.0. The lowest BCUT2D eigenvalue weighted by Crippen LogP contribution is -2.37. The number of hydrogen-bond donors (Lipinski definition) is 1. The molecule has 0 spiro atoms. The average molecular weight is 409 g/mol. The summed E-state index contributed by atoms with van der Waals surface area (Å²) < 4.78 is 21.9. The molecule has 1 amide bonds. The average Bonchev–Trinajstić information content (AvgIpc) is 2.56. The molecule has 0 aliphatic heterocycles. The van der Waals surface area contributed by atoms with E-state index in [2.05, 4.69) is 19.2 Å². The number of hydrogen-bond acceptors (Lipinski definition) is 5. The van der Waals surface area contributed by atoms with Crippen LogP contribution in [-0.2, 0) is 18.4 Å². The van der Waals surface area contributed by atoms with Gasteiger partial charge in [0.25, 0.3) is 7.82 Å². The van der Waals surface area contributed by atoms with Crippen molar-refractivity contribution in [1.82, 2.24) is 5.32 Å². The summed E-state index contributed by atoms with van der Waals surface area (Å²) in [7, 11) is 1.67. The van der Waals surface area contributed by atoms with Crippen molar-refractivity contribution in [3.63, 3.8) is 0 Å². The molecule has 0 bridgehead atoms. The van der Waals surface area contributed by atoms with Crippen molar-refractivity contribution in [2.45, 2.75) is 65.2 Å². The third kappa shape index (κ3) is 17.4. The largest absolute Gasteiger partial charge is 0.756 e. The lowest BCUT2D eigenvalue weighted by atomic mass is 9.99. The lowest BCUT2D eigenvalue weighted by Gasteiger charge is -2.27. The molecular weight excluding hydrogens is 367 g/mol. The fourth-order valence-corrected chi connectivity index (χ4v) is 3.23. The summed E-state index contributed by atoms with van der Waals surface area (Å²) in [6, 6.07) is 0. The summed E-state index contributed by atoms with van der Waals surface area (Å²) in [4.78, 5) is 23.5. The number of amides is 1. The van der Waals surface area contributed by atoms with E-state index in [0.29, 0.717) is 29.8 Å². The maximum Gasteiger partial charge on any atom is 0.268 e. The van der Waals surface area contributed by atoms with Crippen LogP contribution in [0.2, 0.25) is 0 Å². The molecule has 0 rings (SSSR count). The molecule has 0 fully saturated rings. The molecule has 2 atom stereocenters. The monoisotopic (exact) mass is 408 g/mol. The van der Waals surface area contributed by atoms with Gasteiger partial charge >= 0.3 is 0 Å². The van der Waals surface area contributed by atoms with Crippen molar-refractivity contribution >= 4 is 13.7 Å². The van der Waals surface area contributed by atoms with E-state index in [1.54, 1.807) is 0 Å². The van der Waals surface area contributed by atoms with Gasteiger partial charge in [-0.15, -0.1) is 0 Å². The van der Waals surface area contributed by atoms with Gasteiger partial charge in [0, 0.05) is 13.0 Å². The fourth-order valence-electron chi connectivity index (χ4n) is 2.49.